The van der Waals surface area contributed by atoms with Crippen molar-refractivity contribution in [2.24, 2.45) is 0 Å². The molecule has 1 rings (SSSR count). The molecule has 0 aromatic rings. The Labute approximate surface area is 56.0 Å². The second kappa shape index (κ2) is 2.26. The van der Waals surface area contributed by atoms with E-state index in [4.69, 9.17) is 4.74 Å². The maximum atomic E-state index is 5.39. The first-order valence-corrected chi connectivity index (χ1v) is 3.22. The molecule has 0 radical (unpaired) electrons. The van der Waals surface area contributed by atoms with Crippen LogP contribution in [0.15, 0.2) is 23.5 Å². The van der Waals surface area contributed by atoms with E-state index >= 15 is 0 Å². The third-order valence-corrected chi connectivity index (χ3v) is 1.54. The predicted molar refractivity (Wildman–Crippen MR) is 38.1 cm³/mol. The molecule has 0 saturated carbocycles. The van der Waals surface area contributed by atoms with Crippen LogP contribution in [0.4, 0.5) is 0 Å². The van der Waals surface area contributed by atoms with Gasteiger partial charge >= 0.3 is 0 Å². The Morgan fingerprint density at radius 3 is 2.56 bits per heavy atom. The van der Waals surface area contributed by atoms with Crippen molar-refractivity contribution in [1.29, 1.82) is 0 Å². The zero-order valence-corrected chi connectivity index (χ0v) is 6.14. The van der Waals surface area contributed by atoms with Gasteiger partial charge in [0.1, 0.15) is 6.10 Å². The summed E-state index contributed by atoms with van der Waals surface area (Å²) in [6, 6.07) is 0. The van der Waals surface area contributed by atoms with Crippen molar-refractivity contribution in [3.63, 3.8) is 0 Å². The van der Waals surface area contributed by atoms with Gasteiger partial charge in [0, 0.05) is 0 Å². The topological polar surface area (TPSA) is 9.23 Å². The monoisotopic (exact) mass is 124 g/mol. The van der Waals surface area contributed by atoms with Crippen LogP contribution in [0, 0.1) is 0 Å². The van der Waals surface area contributed by atoms with Crippen LogP contribution in [-0.2, 0) is 4.74 Å². The van der Waals surface area contributed by atoms with Crippen LogP contribution in [-0.4, -0.2) is 6.10 Å². The minimum absolute atomic E-state index is 0.258. The normalized spacial score (nSPS) is 26.3. The van der Waals surface area contributed by atoms with Crippen molar-refractivity contribution < 1.29 is 4.74 Å². The van der Waals surface area contributed by atoms with Gasteiger partial charge in [-0.3, -0.25) is 0 Å². The number of rotatable bonds is 0. The highest BCUT2D eigenvalue weighted by Crippen LogP contribution is 2.15. The van der Waals surface area contributed by atoms with Crippen molar-refractivity contribution in [2.45, 2.75) is 26.9 Å². The van der Waals surface area contributed by atoms with Crippen LogP contribution in [0.1, 0.15) is 20.8 Å². The largest absolute Gasteiger partial charge is 0.491 e. The zero-order chi connectivity index (χ0) is 6.85. The van der Waals surface area contributed by atoms with Crippen LogP contribution in [0.2, 0.25) is 0 Å². The first kappa shape index (κ1) is 6.40. The highest BCUT2D eigenvalue weighted by molar-refractivity contribution is 5.23. The summed E-state index contributed by atoms with van der Waals surface area (Å²) >= 11 is 0. The standard InChI is InChI=1S/C8H12O/c1-6-4-5-7(2)9-8(6)3/h4-5,7H,1-3H3. The van der Waals surface area contributed by atoms with Crippen molar-refractivity contribution >= 4 is 0 Å². The van der Waals surface area contributed by atoms with Gasteiger partial charge < -0.3 is 4.74 Å². The van der Waals surface area contributed by atoms with Crippen molar-refractivity contribution in [1.82, 2.24) is 0 Å². The van der Waals surface area contributed by atoms with E-state index in [0.717, 1.165) is 5.76 Å². The van der Waals surface area contributed by atoms with Gasteiger partial charge in [0.2, 0.25) is 0 Å². The first-order chi connectivity index (χ1) is 4.20. The van der Waals surface area contributed by atoms with Crippen molar-refractivity contribution in [3.05, 3.63) is 23.5 Å². The summed E-state index contributed by atoms with van der Waals surface area (Å²) in [5.74, 6) is 1.05. The number of hydrogen-bond acceptors (Lipinski definition) is 1. The molecule has 0 aliphatic carbocycles. The molecule has 0 spiro atoms. The summed E-state index contributed by atoms with van der Waals surface area (Å²) in [5, 5.41) is 0. The number of ether oxygens (including phenoxy) is 1. The van der Waals surface area contributed by atoms with Gasteiger partial charge in [-0.15, -0.1) is 0 Å². The van der Waals surface area contributed by atoms with E-state index in [1.165, 1.54) is 5.57 Å². The van der Waals surface area contributed by atoms with Crippen LogP contribution >= 0.6 is 0 Å². The molecule has 1 aliphatic heterocycles. The summed E-state index contributed by atoms with van der Waals surface area (Å²) in [4.78, 5) is 0. The van der Waals surface area contributed by atoms with E-state index in [0.29, 0.717) is 0 Å². The minimum atomic E-state index is 0.258. The minimum Gasteiger partial charge on any atom is -0.491 e. The summed E-state index contributed by atoms with van der Waals surface area (Å²) < 4.78 is 5.39. The number of hydrogen-bond donors (Lipinski definition) is 0. The Bertz CT molecular complexity index is 165. The second-order valence-corrected chi connectivity index (χ2v) is 2.42. The zero-order valence-electron chi connectivity index (χ0n) is 6.14. The summed E-state index contributed by atoms with van der Waals surface area (Å²) in [6.07, 6.45) is 4.42. The van der Waals surface area contributed by atoms with E-state index in [1.807, 2.05) is 13.8 Å². The van der Waals surface area contributed by atoms with Gasteiger partial charge in [-0.25, -0.2) is 0 Å². The molecule has 0 bridgehead atoms. The highest BCUT2D eigenvalue weighted by Gasteiger charge is 2.04. The molecule has 0 aromatic heterocycles. The third kappa shape index (κ3) is 1.35. The third-order valence-electron chi connectivity index (χ3n) is 1.54. The second-order valence-electron chi connectivity index (χ2n) is 2.42. The molecule has 1 atom stereocenters. The Morgan fingerprint density at radius 1 is 1.44 bits per heavy atom. The van der Waals surface area contributed by atoms with Crippen LogP contribution in [0.3, 0.4) is 0 Å². The molecule has 0 N–H and O–H groups in total. The van der Waals surface area contributed by atoms with E-state index in [9.17, 15) is 0 Å². The molecule has 1 unspecified atom stereocenters. The molecule has 1 heteroatoms. The Hall–Kier alpha value is -0.720. The Balaban J connectivity index is 2.75. The molecule has 0 saturated heterocycles. The quantitative estimate of drug-likeness (QED) is 0.481. The first-order valence-electron chi connectivity index (χ1n) is 3.22. The van der Waals surface area contributed by atoms with E-state index in [1.54, 1.807) is 0 Å². The molecule has 50 valence electrons. The van der Waals surface area contributed by atoms with E-state index in [2.05, 4.69) is 19.1 Å². The average Bonchev–Trinajstić information content (AvgIpc) is 1.80. The van der Waals surface area contributed by atoms with Gasteiger partial charge in [0.25, 0.3) is 0 Å². The fraction of sp³-hybridized carbons (Fsp3) is 0.500. The van der Waals surface area contributed by atoms with Gasteiger partial charge in [0.05, 0.1) is 5.76 Å². The summed E-state index contributed by atoms with van der Waals surface area (Å²) in [7, 11) is 0. The molecule has 1 nitrogen and oxygen atoms in total. The number of allylic oxidation sites excluding steroid dienone is 3. The fourth-order valence-electron chi connectivity index (χ4n) is 0.808. The maximum Gasteiger partial charge on any atom is 0.114 e. The molecule has 0 fully saturated rings. The lowest BCUT2D eigenvalue weighted by atomic mass is 10.2. The summed E-state index contributed by atoms with van der Waals surface area (Å²) in [6.45, 7) is 6.08. The van der Waals surface area contributed by atoms with Gasteiger partial charge in [-0.1, -0.05) is 6.08 Å². The molecule has 1 aliphatic rings. The SMILES string of the molecule is CC1=C(C)OC(C)C=C1. The lowest BCUT2D eigenvalue weighted by molar-refractivity contribution is 0.165. The van der Waals surface area contributed by atoms with Crippen LogP contribution in [0.5, 0.6) is 0 Å². The van der Waals surface area contributed by atoms with E-state index in [-0.39, 0.29) is 6.10 Å². The molecular weight excluding hydrogens is 112 g/mol. The smallest absolute Gasteiger partial charge is 0.114 e. The van der Waals surface area contributed by atoms with Crippen LogP contribution in [0.25, 0.3) is 0 Å². The maximum absolute atomic E-state index is 5.39. The van der Waals surface area contributed by atoms with Crippen molar-refractivity contribution in [3.8, 4) is 0 Å². The lowest BCUT2D eigenvalue weighted by Crippen LogP contribution is -2.07. The van der Waals surface area contributed by atoms with Gasteiger partial charge in [0.15, 0.2) is 0 Å². The van der Waals surface area contributed by atoms with Crippen molar-refractivity contribution in [2.75, 3.05) is 0 Å². The molecular formula is C8H12O. The summed E-state index contributed by atoms with van der Waals surface area (Å²) in [5.41, 5.74) is 1.23. The fourth-order valence-corrected chi connectivity index (χ4v) is 0.808. The van der Waals surface area contributed by atoms with Gasteiger partial charge in [-0.05, 0) is 32.4 Å². The van der Waals surface area contributed by atoms with Crippen LogP contribution < -0.4 is 0 Å². The Morgan fingerprint density at radius 2 is 2.11 bits per heavy atom. The molecule has 9 heavy (non-hydrogen) atoms. The molecule has 0 aromatic carbocycles. The predicted octanol–water partition coefficient (Wildman–Crippen LogP) is 2.26. The average molecular weight is 124 g/mol. The highest BCUT2D eigenvalue weighted by atomic mass is 16.5. The Kier molecular flexibility index (Phi) is 1.60. The van der Waals surface area contributed by atoms with Gasteiger partial charge in [-0.2, -0.15) is 0 Å². The molecule has 1 heterocycles. The molecule has 0 amide bonds. The lowest BCUT2D eigenvalue weighted by Gasteiger charge is -2.16. The van der Waals surface area contributed by atoms with E-state index < -0.39 is 0 Å².